The molecule has 1 fully saturated rings. The van der Waals surface area contributed by atoms with Gasteiger partial charge in [-0.2, -0.15) is 0 Å². The number of hydrogen-bond acceptors (Lipinski definition) is 5. The normalized spacial score (nSPS) is 23.2. The molecule has 2 aliphatic rings. The summed E-state index contributed by atoms with van der Waals surface area (Å²) < 4.78 is 11.2. The Morgan fingerprint density at radius 2 is 1.85 bits per heavy atom. The van der Waals surface area contributed by atoms with E-state index in [0.29, 0.717) is 11.5 Å². The monoisotopic (exact) mass is 472 g/mol. The van der Waals surface area contributed by atoms with Crippen molar-refractivity contribution in [3.63, 3.8) is 0 Å². The minimum Gasteiger partial charge on any atom is -0.469 e. The second-order valence-corrected chi connectivity index (χ2v) is 10.3. The molecule has 1 saturated carbocycles. The van der Waals surface area contributed by atoms with Gasteiger partial charge in [-0.3, -0.25) is 9.59 Å². The largest absolute Gasteiger partial charge is 0.469 e. The van der Waals surface area contributed by atoms with Crippen LogP contribution < -0.4 is 11.1 Å². The average molecular weight is 473 g/mol. The van der Waals surface area contributed by atoms with Crippen LogP contribution in [0.25, 0.3) is 0 Å². The first-order chi connectivity index (χ1) is 16.4. The van der Waals surface area contributed by atoms with E-state index in [1.807, 2.05) is 18.2 Å². The van der Waals surface area contributed by atoms with Crippen molar-refractivity contribution < 1.29 is 19.1 Å². The van der Waals surface area contributed by atoms with Gasteiger partial charge in [0.25, 0.3) is 0 Å². The zero-order chi connectivity index (χ0) is 24.7. The number of methoxy groups -OCH3 is 2. The minimum atomic E-state index is -0.397. The zero-order valence-corrected chi connectivity index (χ0v) is 21.5. The summed E-state index contributed by atoms with van der Waals surface area (Å²) in [6.07, 6.45) is 10.6. The third-order valence-corrected chi connectivity index (χ3v) is 8.62. The number of esters is 1. The highest BCUT2D eigenvalue weighted by molar-refractivity contribution is 5.93. The molecule has 1 aromatic carbocycles. The Morgan fingerprint density at radius 3 is 2.44 bits per heavy atom. The van der Waals surface area contributed by atoms with E-state index in [4.69, 9.17) is 15.2 Å². The second-order valence-electron chi connectivity index (χ2n) is 10.3. The zero-order valence-electron chi connectivity index (χ0n) is 21.5. The fourth-order valence-corrected chi connectivity index (χ4v) is 6.58. The summed E-state index contributed by atoms with van der Waals surface area (Å²) in [7, 11) is 3.27. The molecule has 0 heterocycles. The number of carbonyl (C=O) groups is 2. The SMILES string of the molecule is CCC1(CC)c2cc(C(N)=O)ccc2C[C@@H](OC)[C@H]1NCC[C@H](CC1CCCCC1)C(=O)OC. The number of fused-ring (bicyclic) bond motifs is 1. The number of carbonyl (C=O) groups excluding carboxylic acids is 2. The number of benzene rings is 1. The second kappa shape index (κ2) is 12.2. The van der Waals surface area contributed by atoms with Crippen molar-refractivity contribution in [3.05, 3.63) is 34.9 Å². The Morgan fingerprint density at radius 1 is 1.15 bits per heavy atom. The first-order valence-corrected chi connectivity index (χ1v) is 13.2. The van der Waals surface area contributed by atoms with Crippen LogP contribution >= 0.6 is 0 Å². The van der Waals surface area contributed by atoms with Gasteiger partial charge in [-0.05, 0) is 61.4 Å². The number of primary amides is 1. The first-order valence-electron chi connectivity index (χ1n) is 13.2. The van der Waals surface area contributed by atoms with E-state index in [1.54, 1.807) is 7.11 Å². The number of amides is 1. The standard InChI is InChI=1S/C28H44N2O4/c1-5-28(6-2)23-17-21(26(29)31)13-12-20(23)18-24(33-3)25(28)30-15-14-22(27(32)34-4)16-19-10-8-7-9-11-19/h12-13,17,19,22,24-25,30H,5-11,14-16,18H2,1-4H3,(H2,29,31)/t22-,24-,25-/m1/s1. The molecule has 0 spiro atoms. The van der Waals surface area contributed by atoms with Crippen LogP contribution in [0.4, 0.5) is 0 Å². The molecule has 3 N–H and O–H groups in total. The van der Waals surface area contributed by atoms with Crippen LogP contribution in [0.3, 0.4) is 0 Å². The lowest BCUT2D eigenvalue weighted by Crippen LogP contribution is -2.59. The smallest absolute Gasteiger partial charge is 0.308 e. The molecule has 6 heteroatoms. The molecule has 0 radical (unpaired) electrons. The molecule has 0 saturated heterocycles. The molecule has 2 aliphatic carbocycles. The summed E-state index contributed by atoms with van der Waals surface area (Å²) in [6.45, 7) is 5.14. The lowest BCUT2D eigenvalue weighted by atomic mass is 9.62. The van der Waals surface area contributed by atoms with Gasteiger partial charge in [0.05, 0.1) is 19.1 Å². The van der Waals surface area contributed by atoms with Gasteiger partial charge in [-0.1, -0.05) is 52.0 Å². The van der Waals surface area contributed by atoms with E-state index in [0.717, 1.165) is 38.6 Å². The van der Waals surface area contributed by atoms with Crippen molar-refractivity contribution >= 4 is 11.9 Å². The molecule has 190 valence electrons. The topological polar surface area (TPSA) is 90.7 Å². The summed E-state index contributed by atoms with van der Waals surface area (Å²) in [5, 5.41) is 3.80. The van der Waals surface area contributed by atoms with Crippen LogP contribution in [-0.4, -0.2) is 44.8 Å². The van der Waals surface area contributed by atoms with Crippen molar-refractivity contribution in [2.24, 2.45) is 17.6 Å². The summed E-state index contributed by atoms with van der Waals surface area (Å²) >= 11 is 0. The summed E-state index contributed by atoms with van der Waals surface area (Å²) in [6, 6.07) is 5.93. The van der Waals surface area contributed by atoms with Crippen molar-refractivity contribution in [1.29, 1.82) is 0 Å². The third kappa shape index (κ3) is 5.65. The predicted octanol–water partition coefficient (Wildman–Crippen LogP) is 4.52. The van der Waals surface area contributed by atoms with Gasteiger partial charge in [-0.25, -0.2) is 0 Å². The van der Waals surface area contributed by atoms with Crippen molar-refractivity contribution in [1.82, 2.24) is 5.32 Å². The Kier molecular flexibility index (Phi) is 9.55. The third-order valence-electron chi connectivity index (χ3n) is 8.62. The molecule has 0 bridgehead atoms. The van der Waals surface area contributed by atoms with Gasteiger partial charge in [0.1, 0.15) is 0 Å². The maximum Gasteiger partial charge on any atom is 0.308 e. The maximum atomic E-state index is 12.6. The minimum absolute atomic E-state index is 0.0155. The van der Waals surface area contributed by atoms with Gasteiger partial charge < -0.3 is 20.5 Å². The lowest BCUT2D eigenvalue weighted by molar-refractivity contribution is -0.146. The van der Waals surface area contributed by atoms with E-state index < -0.39 is 5.91 Å². The number of hydrogen-bond donors (Lipinski definition) is 2. The summed E-state index contributed by atoms with van der Waals surface area (Å²) in [4.78, 5) is 24.5. The van der Waals surface area contributed by atoms with Gasteiger partial charge in [0.2, 0.25) is 5.91 Å². The van der Waals surface area contributed by atoms with Gasteiger partial charge in [0.15, 0.2) is 0 Å². The molecule has 34 heavy (non-hydrogen) atoms. The Hall–Kier alpha value is -1.92. The highest BCUT2D eigenvalue weighted by atomic mass is 16.5. The van der Waals surface area contributed by atoms with Crippen LogP contribution in [0.2, 0.25) is 0 Å². The molecular weight excluding hydrogens is 428 g/mol. The highest BCUT2D eigenvalue weighted by Crippen LogP contribution is 2.44. The van der Waals surface area contributed by atoms with E-state index in [1.165, 1.54) is 50.3 Å². The van der Waals surface area contributed by atoms with Gasteiger partial charge >= 0.3 is 5.97 Å². The number of nitrogens with one attached hydrogen (secondary N) is 1. The van der Waals surface area contributed by atoms with Crippen molar-refractivity contribution in [2.45, 2.75) is 95.6 Å². The fraction of sp³-hybridized carbons (Fsp3) is 0.714. The summed E-state index contributed by atoms with van der Waals surface area (Å²) in [5.41, 5.74) is 8.42. The number of rotatable bonds is 11. The van der Waals surface area contributed by atoms with Crippen molar-refractivity contribution in [3.8, 4) is 0 Å². The lowest BCUT2D eigenvalue weighted by Gasteiger charge is -2.49. The van der Waals surface area contributed by atoms with E-state index in [2.05, 4.69) is 19.2 Å². The van der Waals surface area contributed by atoms with E-state index >= 15 is 0 Å². The molecule has 3 atom stereocenters. The summed E-state index contributed by atoms with van der Waals surface area (Å²) in [5.74, 6) is 0.0687. The molecule has 0 aliphatic heterocycles. The van der Waals surface area contributed by atoms with Crippen LogP contribution in [0, 0.1) is 11.8 Å². The fourth-order valence-electron chi connectivity index (χ4n) is 6.58. The van der Waals surface area contributed by atoms with Crippen LogP contribution in [0.15, 0.2) is 18.2 Å². The van der Waals surface area contributed by atoms with E-state index in [9.17, 15) is 9.59 Å². The molecule has 1 amide bonds. The Balaban J connectivity index is 1.79. The Labute approximate surface area is 205 Å². The first kappa shape index (κ1) is 26.7. The molecule has 0 unspecified atom stereocenters. The molecule has 6 nitrogen and oxygen atoms in total. The number of nitrogens with two attached hydrogens (primary N) is 1. The maximum absolute atomic E-state index is 12.6. The van der Waals surface area contributed by atoms with Crippen molar-refractivity contribution in [2.75, 3.05) is 20.8 Å². The highest BCUT2D eigenvalue weighted by Gasteiger charge is 2.46. The average Bonchev–Trinajstić information content (AvgIpc) is 2.87. The Bertz CT molecular complexity index is 830. The molecular formula is C28H44N2O4. The van der Waals surface area contributed by atoms with E-state index in [-0.39, 0.29) is 29.4 Å². The van der Waals surface area contributed by atoms with Gasteiger partial charge in [-0.15, -0.1) is 0 Å². The molecule has 3 rings (SSSR count). The number of ether oxygens (including phenoxy) is 2. The molecule has 0 aromatic heterocycles. The van der Waals surface area contributed by atoms with Crippen LogP contribution in [0.5, 0.6) is 0 Å². The van der Waals surface area contributed by atoms with Crippen LogP contribution in [-0.2, 0) is 26.1 Å². The quantitative estimate of drug-likeness (QED) is 0.462. The van der Waals surface area contributed by atoms with Crippen LogP contribution in [0.1, 0.15) is 93.1 Å². The van der Waals surface area contributed by atoms with Gasteiger partial charge in [0, 0.05) is 30.6 Å². The predicted molar refractivity (Wildman–Crippen MR) is 135 cm³/mol. The molecule has 1 aromatic rings.